The van der Waals surface area contributed by atoms with Gasteiger partial charge in [-0.3, -0.25) is 0 Å². The average Bonchev–Trinajstić information content (AvgIpc) is 2.41. The Bertz CT molecular complexity index is 461. The van der Waals surface area contributed by atoms with Gasteiger partial charge in [0.2, 0.25) is 0 Å². The Morgan fingerprint density at radius 3 is 2.27 bits per heavy atom. The summed E-state index contributed by atoms with van der Waals surface area (Å²) < 4.78 is 24.5. The van der Waals surface area contributed by atoms with E-state index in [1.165, 1.54) is 4.68 Å². The van der Waals surface area contributed by atoms with E-state index in [0.29, 0.717) is 5.82 Å². The molecule has 7 heteroatoms. The minimum absolute atomic E-state index is 0.0209. The zero-order chi connectivity index (χ0) is 11.8. The first kappa shape index (κ1) is 11.8. The summed E-state index contributed by atoms with van der Waals surface area (Å²) in [5, 5.41) is 6.82. The smallest absolute Gasteiger partial charge is 0.182 e. The number of nitrogens with two attached hydrogens (primary N) is 1. The summed E-state index contributed by atoms with van der Waals surface area (Å²) in [4.78, 5) is 0.0682. The van der Waals surface area contributed by atoms with Crippen LogP contribution in [-0.2, 0) is 9.84 Å². The molecule has 6 nitrogen and oxygen atoms in total. The highest BCUT2D eigenvalue weighted by Crippen LogP contribution is 2.28. The third kappa shape index (κ3) is 2.06. The van der Waals surface area contributed by atoms with Gasteiger partial charge in [-0.15, -0.1) is 0 Å². The van der Waals surface area contributed by atoms with E-state index in [1.54, 1.807) is 7.05 Å². The number of nitrogens with zero attached hydrogens (tertiary/aromatic N) is 2. The number of hydrogen-bond donors (Lipinski definition) is 2. The van der Waals surface area contributed by atoms with Crippen molar-refractivity contribution in [1.82, 2.24) is 9.78 Å². The second kappa shape index (κ2) is 3.73. The van der Waals surface area contributed by atoms with Crippen LogP contribution in [0.1, 0.15) is 19.9 Å². The number of nitrogens with one attached hydrogen (secondary N) is 1. The van der Waals surface area contributed by atoms with Crippen LogP contribution in [0.15, 0.2) is 4.90 Å². The number of nitrogen functional groups attached to an aromatic ring is 1. The molecule has 3 N–H and O–H groups in total. The van der Waals surface area contributed by atoms with E-state index in [0.717, 1.165) is 6.26 Å². The highest BCUT2D eigenvalue weighted by atomic mass is 32.2. The summed E-state index contributed by atoms with van der Waals surface area (Å²) in [7, 11) is -1.75. The molecule has 0 amide bonds. The van der Waals surface area contributed by atoms with Crippen LogP contribution in [0.25, 0.3) is 0 Å². The van der Waals surface area contributed by atoms with Crippen LogP contribution in [0.2, 0.25) is 0 Å². The third-order valence-corrected chi connectivity index (χ3v) is 3.14. The molecular weight excluding hydrogens is 216 g/mol. The third-order valence-electron chi connectivity index (χ3n) is 2.00. The number of sulfone groups is 1. The fourth-order valence-corrected chi connectivity index (χ4v) is 2.32. The number of rotatable bonds is 3. The fraction of sp³-hybridized carbons (Fsp3) is 0.625. The summed E-state index contributed by atoms with van der Waals surface area (Å²) in [6.45, 7) is 3.77. The minimum Gasteiger partial charge on any atom is -0.383 e. The largest absolute Gasteiger partial charge is 0.383 e. The van der Waals surface area contributed by atoms with Crippen molar-refractivity contribution < 1.29 is 8.42 Å². The van der Waals surface area contributed by atoms with Gasteiger partial charge in [0.25, 0.3) is 0 Å². The van der Waals surface area contributed by atoms with E-state index >= 15 is 0 Å². The lowest BCUT2D eigenvalue weighted by atomic mass is 10.4. The normalized spacial score (nSPS) is 12.1. The van der Waals surface area contributed by atoms with Crippen LogP contribution >= 0.6 is 0 Å². The molecule has 15 heavy (non-hydrogen) atoms. The maximum Gasteiger partial charge on any atom is 0.182 e. The van der Waals surface area contributed by atoms with Crippen LogP contribution < -0.4 is 11.1 Å². The van der Waals surface area contributed by atoms with E-state index in [1.807, 2.05) is 13.8 Å². The molecule has 0 saturated heterocycles. The Labute approximate surface area is 89.4 Å². The molecule has 0 aromatic carbocycles. The van der Waals surface area contributed by atoms with Crippen molar-refractivity contribution in [3.8, 4) is 0 Å². The van der Waals surface area contributed by atoms with Gasteiger partial charge in [-0.25, -0.2) is 13.1 Å². The molecule has 0 radical (unpaired) electrons. The lowest BCUT2D eigenvalue weighted by Gasteiger charge is -2.06. The van der Waals surface area contributed by atoms with Gasteiger partial charge in [0.1, 0.15) is 5.82 Å². The standard InChI is InChI=1S/C8H16N4O2S/c1-5(2)12-7(9)6(15(4,13)14)8(10-3)11-12/h5H,9H2,1-4H3,(H,10,11). The minimum atomic E-state index is -3.36. The Hall–Kier alpha value is -1.24. The van der Waals surface area contributed by atoms with E-state index in [-0.39, 0.29) is 16.8 Å². The molecule has 0 aliphatic heterocycles. The molecule has 1 heterocycles. The second-order valence-corrected chi connectivity index (χ2v) is 5.58. The van der Waals surface area contributed by atoms with Crippen molar-refractivity contribution in [2.24, 2.45) is 0 Å². The Morgan fingerprint density at radius 1 is 1.47 bits per heavy atom. The van der Waals surface area contributed by atoms with Gasteiger partial charge < -0.3 is 11.1 Å². The maximum atomic E-state index is 11.5. The Balaban J connectivity index is 3.51. The SMILES string of the molecule is CNc1nn(C(C)C)c(N)c1S(C)(=O)=O. The molecule has 1 rings (SSSR count). The van der Waals surface area contributed by atoms with E-state index in [9.17, 15) is 8.42 Å². The van der Waals surface area contributed by atoms with E-state index in [4.69, 9.17) is 5.73 Å². The molecule has 1 aromatic rings. The van der Waals surface area contributed by atoms with Crippen LogP contribution in [0.4, 0.5) is 11.6 Å². The average molecular weight is 232 g/mol. The molecule has 0 atom stereocenters. The fourth-order valence-electron chi connectivity index (χ4n) is 1.36. The number of anilines is 2. The zero-order valence-electron chi connectivity index (χ0n) is 9.27. The van der Waals surface area contributed by atoms with Crippen LogP contribution in [0.5, 0.6) is 0 Å². The highest BCUT2D eigenvalue weighted by Gasteiger charge is 2.24. The van der Waals surface area contributed by atoms with Gasteiger partial charge in [-0.05, 0) is 13.8 Å². The Morgan fingerprint density at radius 2 is 2.00 bits per heavy atom. The van der Waals surface area contributed by atoms with Crippen molar-refractivity contribution in [3.63, 3.8) is 0 Å². The Kier molecular flexibility index (Phi) is 2.94. The molecule has 0 fully saturated rings. The summed E-state index contributed by atoms with van der Waals surface area (Å²) >= 11 is 0. The van der Waals surface area contributed by atoms with Gasteiger partial charge in [-0.1, -0.05) is 0 Å². The molecule has 86 valence electrons. The molecular formula is C8H16N4O2S. The predicted octanol–water partition coefficient (Wildman–Crippen LogP) is 0.491. The number of hydrogen-bond acceptors (Lipinski definition) is 5. The topological polar surface area (TPSA) is 90.0 Å². The first-order valence-corrected chi connectivity index (χ1v) is 6.44. The van der Waals surface area contributed by atoms with Crippen molar-refractivity contribution in [3.05, 3.63) is 0 Å². The van der Waals surface area contributed by atoms with Gasteiger partial charge in [0.05, 0.1) is 0 Å². The molecule has 0 unspecified atom stereocenters. The first-order chi connectivity index (χ1) is 6.79. The first-order valence-electron chi connectivity index (χ1n) is 4.54. The van der Waals surface area contributed by atoms with Crippen molar-refractivity contribution in [1.29, 1.82) is 0 Å². The number of aromatic nitrogens is 2. The quantitative estimate of drug-likeness (QED) is 0.791. The molecule has 0 aliphatic carbocycles. The second-order valence-electron chi connectivity index (χ2n) is 3.62. The summed E-state index contributed by atoms with van der Waals surface area (Å²) in [6.07, 6.45) is 1.12. The van der Waals surface area contributed by atoms with Crippen LogP contribution in [-0.4, -0.2) is 31.5 Å². The lowest BCUT2D eigenvalue weighted by Crippen LogP contribution is -2.09. The van der Waals surface area contributed by atoms with Gasteiger partial charge >= 0.3 is 0 Å². The van der Waals surface area contributed by atoms with E-state index < -0.39 is 9.84 Å². The zero-order valence-corrected chi connectivity index (χ0v) is 10.1. The van der Waals surface area contributed by atoms with Crippen LogP contribution in [0, 0.1) is 0 Å². The van der Waals surface area contributed by atoms with Gasteiger partial charge in [-0.2, -0.15) is 5.10 Å². The van der Waals surface area contributed by atoms with E-state index in [2.05, 4.69) is 10.4 Å². The molecule has 0 spiro atoms. The predicted molar refractivity (Wildman–Crippen MR) is 59.7 cm³/mol. The van der Waals surface area contributed by atoms with Crippen LogP contribution in [0.3, 0.4) is 0 Å². The van der Waals surface area contributed by atoms with Crippen molar-refractivity contribution in [2.75, 3.05) is 24.4 Å². The van der Waals surface area contributed by atoms with Crippen molar-refractivity contribution >= 4 is 21.5 Å². The van der Waals surface area contributed by atoms with Crippen molar-refractivity contribution in [2.45, 2.75) is 24.8 Å². The highest BCUT2D eigenvalue weighted by molar-refractivity contribution is 7.91. The molecule has 1 aromatic heterocycles. The molecule has 0 bridgehead atoms. The lowest BCUT2D eigenvalue weighted by molar-refractivity contribution is 0.541. The maximum absolute atomic E-state index is 11.5. The summed E-state index contributed by atoms with van der Waals surface area (Å²) in [6, 6.07) is 0.0209. The summed E-state index contributed by atoms with van der Waals surface area (Å²) in [5.41, 5.74) is 5.75. The monoisotopic (exact) mass is 232 g/mol. The molecule has 0 aliphatic rings. The molecule has 0 saturated carbocycles. The van der Waals surface area contributed by atoms with Gasteiger partial charge in [0.15, 0.2) is 20.6 Å². The summed E-state index contributed by atoms with van der Waals surface area (Å²) in [5.74, 6) is 0.473. The van der Waals surface area contributed by atoms with Gasteiger partial charge in [0, 0.05) is 19.3 Å².